The van der Waals surface area contributed by atoms with E-state index in [1.54, 1.807) is 20.8 Å². The molecule has 0 saturated heterocycles. The van der Waals surface area contributed by atoms with Gasteiger partial charge in [-0.05, 0) is 33.1 Å². The monoisotopic (exact) mass is 282 g/mol. The van der Waals surface area contributed by atoms with E-state index in [1.807, 2.05) is 0 Å². The highest BCUT2D eigenvalue weighted by atomic mass is 19.4. The second-order valence-electron chi connectivity index (χ2n) is 6.47. The quantitative estimate of drug-likeness (QED) is 0.520. The van der Waals surface area contributed by atoms with E-state index in [0.717, 1.165) is 25.7 Å². The number of rotatable bonds is 5. The number of hydrogen-bond acceptors (Lipinski definition) is 2. The summed E-state index contributed by atoms with van der Waals surface area (Å²) in [5.41, 5.74) is -0.587. The van der Waals surface area contributed by atoms with E-state index < -0.39 is 24.3 Å². The third kappa shape index (κ3) is 8.47. The molecular weight excluding hydrogens is 257 g/mol. The summed E-state index contributed by atoms with van der Waals surface area (Å²) in [6.07, 6.45) is -0.148. The first-order valence-electron chi connectivity index (χ1n) is 7.07. The fourth-order valence-corrected chi connectivity index (χ4v) is 2.42. The van der Waals surface area contributed by atoms with Crippen molar-refractivity contribution < 1.29 is 22.9 Å². The molecule has 0 spiro atoms. The topological polar surface area (TPSA) is 18.5 Å². The van der Waals surface area contributed by atoms with Gasteiger partial charge in [0, 0.05) is 0 Å². The van der Waals surface area contributed by atoms with E-state index in [4.69, 9.17) is 9.78 Å². The molecule has 5 heteroatoms. The van der Waals surface area contributed by atoms with Crippen molar-refractivity contribution in [3.63, 3.8) is 0 Å². The van der Waals surface area contributed by atoms with E-state index >= 15 is 0 Å². The van der Waals surface area contributed by atoms with E-state index in [0.29, 0.717) is 12.3 Å². The molecule has 114 valence electrons. The highest BCUT2D eigenvalue weighted by Gasteiger charge is 2.35. The summed E-state index contributed by atoms with van der Waals surface area (Å²) >= 11 is 0. The summed E-state index contributed by atoms with van der Waals surface area (Å²) in [7, 11) is 0. The van der Waals surface area contributed by atoms with E-state index in [1.165, 1.54) is 6.42 Å². The minimum atomic E-state index is -4.21. The van der Waals surface area contributed by atoms with Gasteiger partial charge in [-0.2, -0.15) is 13.2 Å². The van der Waals surface area contributed by atoms with Gasteiger partial charge in [0.2, 0.25) is 0 Å². The Morgan fingerprint density at radius 3 is 2.11 bits per heavy atom. The second kappa shape index (κ2) is 6.93. The Kier molecular flexibility index (Phi) is 6.12. The maximum atomic E-state index is 12.5. The van der Waals surface area contributed by atoms with Gasteiger partial charge in [0.1, 0.15) is 6.10 Å². The normalized spacial score (nSPS) is 20.5. The Bertz CT molecular complexity index is 252. The molecule has 1 aliphatic rings. The maximum absolute atomic E-state index is 12.5. The van der Waals surface area contributed by atoms with Crippen molar-refractivity contribution in [3.05, 3.63) is 0 Å². The molecular formula is C14H25F3O2. The van der Waals surface area contributed by atoms with Crippen molar-refractivity contribution in [2.75, 3.05) is 0 Å². The smallest absolute Gasteiger partial charge is 0.232 e. The Labute approximate surface area is 113 Å². The molecule has 0 N–H and O–H groups in total. The number of hydrogen-bond donors (Lipinski definition) is 0. The molecule has 0 aromatic carbocycles. The standard InChI is InChI=1S/C14H25F3O2/c1-13(2,3)19-18-12(10-14(15,16)17)9-11-7-5-4-6-8-11/h11-12H,4-10H2,1-3H3. The van der Waals surface area contributed by atoms with Gasteiger partial charge >= 0.3 is 6.18 Å². The average molecular weight is 282 g/mol. The molecule has 0 amide bonds. The molecule has 1 rings (SSSR count). The van der Waals surface area contributed by atoms with Crippen molar-refractivity contribution in [1.82, 2.24) is 0 Å². The van der Waals surface area contributed by atoms with E-state index in [9.17, 15) is 13.2 Å². The molecule has 0 bridgehead atoms. The van der Waals surface area contributed by atoms with Gasteiger partial charge in [0.05, 0.1) is 12.0 Å². The average Bonchev–Trinajstić information content (AvgIpc) is 2.24. The lowest BCUT2D eigenvalue weighted by Gasteiger charge is -2.28. The van der Waals surface area contributed by atoms with Crippen LogP contribution >= 0.6 is 0 Å². The zero-order chi connectivity index (χ0) is 14.5. The Morgan fingerprint density at radius 1 is 1.05 bits per heavy atom. The number of halogens is 3. The van der Waals surface area contributed by atoms with Crippen LogP contribution in [-0.4, -0.2) is 17.9 Å². The molecule has 1 unspecified atom stereocenters. The van der Waals surface area contributed by atoms with Crippen molar-refractivity contribution in [2.24, 2.45) is 5.92 Å². The fourth-order valence-electron chi connectivity index (χ4n) is 2.42. The molecule has 0 radical (unpaired) electrons. The first kappa shape index (κ1) is 16.8. The van der Waals surface area contributed by atoms with E-state index in [-0.39, 0.29) is 0 Å². The molecule has 2 nitrogen and oxygen atoms in total. The lowest BCUT2D eigenvalue weighted by atomic mass is 9.85. The second-order valence-corrected chi connectivity index (χ2v) is 6.47. The summed E-state index contributed by atoms with van der Waals surface area (Å²) in [6.45, 7) is 5.29. The minimum Gasteiger partial charge on any atom is -0.232 e. The zero-order valence-corrected chi connectivity index (χ0v) is 12.1. The van der Waals surface area contributed by atoms with Crippen LogP contribution in [0, 0.1) is 5.92 Å². The van der Waals surface area contributed by atoms with Crippen LogP contribution in [0.1, 0.15) is 65.7 Å². The van der Waals surface area contributed by atoms with Gasteiger partial charge in [-0.1, -0.05) is 32.1 Å². The van der Waals surface area contributed by atoms with Crippen LogP contribution in [0.3, 0.4) is 0 Å². The molecule has 0 aromatic rings. The van der Waals surface area contributed by atoms with Gasteiger partial charge in [0.25, 0.3) is 0 Å². The SMILES string of the molecule is CC(C)(C)OOC(CC1CCCCC1)CC(F)(F)F. The molecule has 1 fully saturated rings. The van der Waals surface area contributed by atoms with Crippen molar-refractivity contribution >= 4 is 0 Å². The van der Waals surface area contributed by atoms with Gasteiger partial charge in [-0.25, -0.2) is 9.78 Å². The predicted molar refractivity (Wildman–Crippen MR) is 67.6 cm³/mol. The Hall–Kier alpha value is -0.290. The molecule has 0 aliphatic heterocycles. The first-order valence-corrected chi connectivity index (χ1v) is 7.07. The first-order chi connectivity index (χ1) is 8.66. The summed E-state index contributed by atoms with van der Waals surface area (Å²) < 4.78 is 37.6. The molecule has 0 aromatic heterocycles. The number of alkyl halides is 3. The van der Waals surface area contributed by atoms with Crippen LogP contribution in [0.4, 0.5) is 13.2 Å². The maximum Gasteiger partial charge on any atom is 0.391 e. The van der Waals surface area contributed by atoms with Gasteiger partial charge < -0.3 is 0 Å². The van der Waals surface area contributed by atoms with Crippen LogP contribution in [0.2, 0.25) is 0 Å². The highest BCUT2D eigenvalue weighted by molar-refractivity contribution is 4.72. The Balaban J connectivity index is 2.47. The van der Waals surface area contributed by atoms with Crippen LogP contribution in [-0.2, 0) is 9.78 Å². The summed E-state index contributed by atoms with van der Waals surface area (Å²) in [5.74, 6) is 0.338. The highest BCUT2D eigenvalue weighted by Crippen LogP contribution is 2.32. The fraction of sp³-hybridized carbons (Fsp3) is 1.00. The lowest BCUT2D eigenvalue weighted by Crippen LogP contribution is -2.30. The van der Waals surface area contributed by atoms with E-state index in [2.05, 4.69) is 0 Å². The zero-order valence-electron chi connectivity index (χ0n) is 12.1. The van der Waals surface area contributed by atoms with Crippen molar-refractivity contribution in [2.45, 2.75) is 83.6 Å². The van der Waals surface area contributed by atoms with Gasteiger partial charge in [-0.15, -0.1) is 0 Å². The molecule has 0 heterocycles. The Morgan fingerprint density at radius 2 is 1.63 bits per heavy atom. The summed E-state index contributed by atoms with van der Waals surface area (Å²) in [6, 6.07) is 0. The van der Waals surface area contributed by atoms with Crippen molar-refractivity contribution in [3.8, 4) is 0 Å². The van der Waals surface area contributed by atoms with Gasteiger partial charge in [-0.3, -0.25) is 0 Å². The van der Waals surface area contributed by atoms with Crippen LogP contribution < -0.4 is 0 Å². The largest absolute Gasteiger partial charge is 0.391 e. The summed E-state index contributed by atoms with van der Waals surface area (Å²) in [4.78, 5) is 10.1. The predicted octanol–water partition coefficient (Wildman–Crippen LogP) is 5.02. The third-order valence-corrected chi connectivity index (χ3v) is 3.21. The van der Waals surface area contributed by atoms with Gasteiger partial charge in [0.15, 0.2) is 0 Å². The van der Waals surface area contributed by atoms with Crippen molar-refractivity contribution in [1.29, 1.82) is 0 Å². The summed E-state index contributed by atoms with van der Waals surface area (Å²) in [5, 5.41) is 0. The molecule has 1 saturated carbocycles. The van der Waals surface area contributed by atoms with Crippen LogP contribution in [0.5, 0.6) is 0 Å². The van der Waals surface area contributed by atoms with Crippen LogP contribution in [0.25, 0.3) is 0 Å². The minimum absolute atomic E-state index is 0.338. The molecule has 1 atom stereocenters. The lowest BCUT2D eigenvalue weighted by molar-refractivity contribution is -0.383. The third-order valence-electron chi connectivity index (χ3n) is 3.21. The van der Waals surface area contributed by atoms with Crippen LogP contribution in [0.15, 0.2) is 0 Å². The molecule has 19 heavy (non-hydrogen) atoms. The molecule has 1 aliphatic carbocycles.